The van der Waals surface area contributed by atoms with E-state index in [0.717, 1.165) is 24.1 Å². The normalized spacial score (nSPS) is 28.5. The van der Waals surface area contributed by atoms with Gasteiger partial charge in [0.25, 0.3) is 0 Å². The average Bonchev–Trinajstić information content (AvgIpc) is 2.99. The molecule has 3 atom stereocenters. The predicted octanol–water partition coefficient (Wildman–Crippen LogP) is 2.94. The fraction of sp³-hybridized carbons (Fsp3) is 0.350. The number of rotatable bonds is 1. The van der Waals surface area contributed by atoms with Crippen molar-refractivity contribution < 1.29 is 4.79 Å². The van der Waals surface area contributed by atoms with E-state index in [2.05, 4.69) is 24.4 Å². The number of nitrogens with zero attached hydrogens (tertiary/aromatic N) is 3. The third kappa shape index (κ3) is 1.85. The van der Waals surface area contributed by atoms with Crippen molar-refractivity contribution in [2.24, 2.45) is 18.9 Å². The summed E-state index contributed by atoms with van der Waals surface area (Å²) in [7, 11) is 1.93. The van der Waals surface area contributed by atoms with Gasteiger partial charge >= 0.3 is 0 Å². The van der Waals surface area contributed by atoms with E-state index in [9.17, 15) is 10.1 Å². The first kappa shape index (κ1) is 14.9. The number of carbonyl (C=O) groups excluding carboxylic acids is 1. The van der Waals surface area contributed by atoms with Gasteiger partial charge in [0.05, 0.1) is 16.7 Å². The van der Waals surface area contributed by atoms with Gasteiger partial charge in [-0.25, -0.2) is 0 Å². The molecule has 120 valence electrons. The number of fused-ring (bicyclic) bond motifs is 3. The second kappa shape index (κ2) is 5.17. The third-order valence-corrected chi connectivity index (χ3v) is 5.63. The highest BCUT2D eigenvalue weighted by Crippen LogP contribution is 2.53. The molecule has 1 aromatic heterocycles. The molecule has 4 rings (SSSR count). The summed E-state index contributed by atoms with van der Waals surface area (Å²) in [4.78, 5) is 12.6. The zero-order valence-electron chi connectivity index (χ0n) is 13.9. The van der Waals surface area contributed by atoms with Gasteiger partial charge in [-0.15, -0.1) is 0 Å². The molecule has 1 heterocycles. The number of aromatic nitrogens is 2. The molecular formula is C20H19N3O. The highest BCUT2D eigenvalue weighted by Gasteiger charge is 2.53. The molecule has 0 saturated carbocycles. The van der Waals surface area contributed by atoms with E-state index in [1.165, 1.54) is 5.56 Å². The molecule has 0 fully saturated rings. The Balaban J connectivity index is 2.09. The van der Waals surface area contributed by atoms with E-state index < -0.39 is 5.41 Å². The molecule has 0 N–H and O–H groups in total. The van der Waals surface area contributed by atoms with E-state index in [0.29, 0.717) is 0 Å². The van der Waals surface area contributed by atoms with Gasteiger partial charge in [0.15, 0.2) is 5.78 Å². The van der Waals surface area contributed by atoms with Crippen LogP contribution in [0.25, 0.3) is 0 Å². The van der Waals surface area contributed by atoms with Crippen LogP contribution in [0.2, 0.25) is 0 Å². The van der Waals surface area contributed by atoms with Gasteiger partial charge in [-0.1, -0.05) is 37.3 Å². The summed E-state index contributed by atoms with van der Waals surface area (Å²) in [6, 6.07) is 12.3. The summed E-state index contributed by atoms with van der Waals surface area (Å²) in [5.41, 5.74) is 3.10. The molecule has 24 heavy (non-hydrogen) atoms. The molecular weight excluding hydrogens is 298 g/mol. The standard InChI is InChI=1S/C20H19N3O/c1-13-17-9-8-14-12-23(2)22-19(14)20(17,10-15(11-21)18(13)24)16-6-4-3-5-7-16/h3-7,10,12-13,17H,8-9H2,1-2H3. The Bertz CT molecular complexity index is 887. The van der Waals surface area contributed by atoms with E-state index in [-0.39, 0.29) is 23.2 Å². The largest absolute Gasteiger partial charge is 0.293 e. The van der Waals surface area contributed by atoms with Crippen molar-refractivity contribution in [1.82, 2.24) is 9.78 Å². The number of ketones is 1. The quantitative estimate of drug-likeness (QED) is 0.812. The lowest BCUT2D eigenvalue weighted by Crippen LogP contribution is -2.48. The van der Waals surface area contributed by atoms with Crippen LogP contribution in [0.3, 0.4) is 0 Å². The van der Waals surface area contributed by atoms with Crippen molar-refractivity contribution in [2.75, 3.05) is 0 Å². The Labute approximate surface area is 141 Å². The molecule has 2 aromatic rings. The number of Topliss-reactive ketones (excluding diaryl/α,β-unsaturated/α-hetero) is 1. The average molecular weight is 317 g/mol. The van der Waals surface area contributed by atoms with Gasteiger partial charge in [-0.3, -0.25) is 9.48 Å². The van der Waals surface area contributed by atoms with Gasteiger partial charge in [-0.2, -0.15) is 10.4 Å². The second-order valence-electron chi connectivity index (χ2n) is 6.88. The van der Waals surface area contributed by atoms with E-state index in [1.54, 1.807) is 0 Å². The minimum Gasteiger partial charge on any atom is -0.293 e. The smallest absolute Gasteiger partial charge is 0.176 e. The zero-order chi connectivity index (χ0) is 16.9. The van der Waals surface area contributed by atoms with Crippen LogP contribution >= 0.6 is 0 Å². The van der Waals surface area contributed by atoms with Crippen LogP contribution in [0, 0.1) is 23.2 Å². The number of benzene rings is 1. The van der Waals surface area contributed by atoms with Crippen LogP contribution in [0.4, 0.5) is 0 Å². The second-order valence-corrected chi connectivity index (χ2v) is 6.88. The summed E-state index contributed by atoms with van der Waals surface area (Å²) in [6.07, 6.45) is 5.81. The molecule has 1 aromatic carbocycles. The maximum Gasteiger partial charge on any atom is 0.176 e. The molecule has 2 aliphatic carbocycles. The van der Waals surface area contributed by atoms with Crippen LogP contribution in [-0.4, -0.2) is 15.6 Å². The number of allylic oxidation sites excluding steroid dienone is 2. The van der Waals surface area contributed by atoms with Crippen molar-refractivity contribution in [3.63, 3.8) is 0 Å². The molecule has 0 saturated heterocycles. The Morgan fingerprint density at radius 3 is 2.79 bits per heavy atom. The number of hydrogen-bond donors (Lipinski definition) is 0. The Morgan fingerprint density at radius 1 is 1.33 bits per heavy atom. The summed E-state index contributed by atoms with van der Waals surface area (Å²) in [5, 5.41) is 14.3. The first-order chi connectivity index (χ1) is 11.6. The highest BCUT2D eigenvalue weighted by molar-refractivity contribution is 6.02. The molecule has 2 aliphatic rings. The van der Waals surface area contributed by atoms with Crippen LogP contribution < -0.4 is 0 Å². The van der Waals surface area contributed by atoms with E-state index in [1.807, 2.05) is 42.9 Å². The predicted molar refractivity (Wildman–Crippen MR) is 90.1 cm³/mol. The minimum absolute atomic E-state index is 0.0339. The molecule has 4 heteroatoms. The number of nitriles is 1. The monoisotopic (exact) mass is 317 g/mol. The van der Waals surface area contributed by atoms with Crippen LogP contribution in [0.1, 0.15) is 30.2 Å². The fourth-order valence-electron chi connectivity index (χ4n) is 4.57. The number of hydrogen-bond acceptors (Lipinski definition) is 3. The molecule has 0 aliphatic heterocycles. The third-order valence-electron chi connectivity index (χ3n) is 5.63. The van der Waals surface area contributed by atoms with Crippen molar-refractivity contribution in [3.05, 3.63) is 65.0 Å². The van der Waals surface area contributed by atoms with Crippen molar-refractivity contribution in [3.8, 4) is 6.07 Å². The van der Waals surface area contributed by atoms with Gasteiger partial charge in [-0.05, 0) is 36.0 Å². The van der Waals surface area contributed by atoms with Crippen LogP contribution in [0.15, 0.2) is 48.2 Å². The first-order valence-corrected chi connectivity index (χ1v) is 8.33. The molecule has 0 radical (unpaired) electrons. The lowest BCUT2D eigenvalue weighted by Gasteiger charge is -2.46. The Kier molecular flexibility index (Phi) is 3.21. The minimum atomic E-state index is -0.492. The van der Waals surface area contributed by atoms with Gasteiger partial charge in [0.1, 0.15) is 6.07 Å². The molecule has 0 bridgehead atoms. The summed E-state index contributed by atoms with van der Waals surface area (Å²) in [6.45, 7) is 1.96. The van der Waals surface area contributed by atoms with Crippen molar-refractivity contribution >= 4 is 5.78 Å². The summed E-state index contributed by atoms with van der Waals surface area (Å²) in [5.74, 6) is -0.0830. The van der Waals surface area contributed by atoms with Crippen LogP contribution in [-0.2, 0) is 23.7 Å². The lowest BCUT2D eigenvalue weighted by molar-refractivity contribution is -0.121. The Hall–Kier alpha value is -2.67. The molecule has 3 unspecified atom stereocenters. The van der Waals surface area contributed by atoms with Crippen LogP contribution in [0.5, 0.6) is 0 Å². The first-order valence-electron chi connectivity index (χ1n) is 8.33. The summed E-state index contributed by atoms with van der Waals surface area (Å²) >= 11 is 0. The van der Waals surface area contributed by atoms with Gasteiger partial charge in [0, 0.05) is 19.2 Å². The van der Waals surface area contributed by atoms with Crippen molar-refractivity contribution in [2.45, 2.75) is 25.2 Å². The molecule has 0 spiro atoms. The van der Waals surface area contributed by atoms with E-state index in [4.69, 9.17) is 5.10 Å². The SMILES string of the molecule is CC1C(=O)C(C#N)=CC2(c3ccccc3)c3nn(C)cc3CCC12. The molecule has 0 amide bonds. The molecule has 4 nitrogen and oxygen atoms in total. The lowest BCUT2D eigenvalue weighted by atomic mass is 9.54. The van der Waals surface area contributed by atoms with E-state index >= 15 is 0 Å². The van der Waals surface area contributed by atoms with Gasteiger partial charge in [0.2, 0.25) is 0 Å². The zero-order valence-corrected chi connectivity index (χ0v) is 13.9. The van der Waals surface area contributed by atoms with Gasteiger partial charge < -0.3 is 0 Å². The summed E-state index contributed by atoms with van der Waals surface area (Å²) < 4.78 is 1.85. The van der Waals surface area contributed by atoms with Crippen molar-refractivity contribution in [1.29, 1.82) is 5.26 Å². The highest BCUT2D eigenvalue weighted by atomic mass is 16.1. The number of carbonyl (C=O) groups is 1. The fourth-order valence-corrected chi connectivity index (χ4v) is 4.57. The topological polar surface area (TPSA) is 58.7 Å². The maximum absolute atomic E-state index is 12.6. The Morgan fingerprint density at radius 2 is 2.08 bits per heavy atom. The maximum atomic E-state index is 12.6. The number of aryl methyl sites for hydroxylation is 2.